The van der Waals surface area contributed by atoms with Crippen molar-refractivity contribution in [1.82, 2.24) is 5.32 Å². The van der Waals surface area contributed by atoms with Crippen LogP contribution in [-0.4, -0.2) is 26.0 Å². The summed E-state index contributed by atoms with van der Waals surface area (Å²) in [7, 11) is 1.71. The molecule has 0 unspecified atom stereocenters. The van der Waals surface area contributed by atoms with Crippen molar-refractivity contribution >= 4 is 27.7 Å². The van der Waals surface area contributed by atoms with Gasteiger partial charge in [-0.1, -0.05) is 34.6 Å². The molecule has 17 heavy (non-hydrogen) atoms. The number of nitrogens with one attached hydrogen (secondary N) is 1. The van der Waals surface area contributed by atoms with Crippen molar-refractivity contribution in [2.24, 2.45) is 0 Å². The van der Waals surface area contributed by atoms with Crippen LogP contribution in [0, 0.1) is 0 Å². The molecule has 2 nitrogen and oxygen atoms in total. The van der Waals surface area contributed by atoms with Gasteiger partial charge in [0, 0.05) is 30.8 Å². The maximum absolute atomic E-state index is 4.99. The fourth-order valence-corrected chi connectivity index (χ4v) is 2.39. The summed E-state index contributed by atoms with van der Waals surface area (Å²) in [6.07, 6.45) is 0. The van der Waals surface area contributed by atoms with Crippen LogP contribution in [0.4, 0.5) is 0 Å². The average molecular weight is 316 g/mol. The molecule has 1 N–H and O–H groups in total. The van der Waals surface area contributed by atoms with Crippen molar-refractivity contribution in [1.29, 1.82) is 0 Å². The molecule has 1 aromatic carbocycles. The van der Waals surface area contributed by atoms with Crippen LogP contribution in [0.2, 0.25) is 0 Å². The first-order valence-electron chi connectivity index (χ1n) is 5.47. The van der Waals surface area contributed by atoms with Crippen LogP contribution in [0.5, 0.6) is 0 Å². The normalized spacial score (nSPS) is 10.5. The van der Waals surface area contributed by atoms with E-state index in [1.807, 2.05) is 0 Å². The van der Waals surface area contributed by atoms with E-state index in [1.54, 1.807) is 18.9 Å². The van der Waals surface area contributed by atoms with Crippen LogP contribution in [-0.2, 0) is 11.3 Å². The molecule has 0 aromatic heterocycles. The smallest absolute Gasteiger partial charge is 0.0587 e. The molecule has 0 fully saturated rings. The molecule has 0 radical (unpaired) electrons. The first-order valence-corrected chi connectivity index (χ1v) is 7.25. The van der Waals surface area contributed by atoms with Crippen molar-refractivity contribution in [3.05, 3.63) is 40.9 Å². The summed E-state index contributed by atoms with van der Waals surface area (Å²) in [6.45, 7) is 6.34. The third kappa shape index (κ3) is 6.88. The number of thioether (sulfide) groups is 1. The predicted octanol–water partition coefficient (Wildman–Crippen LogP) is 3.42. The van der Waals surface area contributed by atoms with E-state index in [-0.39, 0.29) is 0 Å². The van der Waals surface area contributed by atoms with Gasteiger partial charge in [0.2, 0.25) is 0 Å². The number of hydrogen-bond acceptors (Lipinski definition) is 3. The quantitative estimate of drug-likeness (QED) is 0.586. The summed E-state index contributed by atoms with van der Waals surface area (Å²) in [5.74, 6) is 0.903. The van der Waals surface area contributed by atoms with E-state index in [9.17, 15) is 0 Å². The van der Waals surface area contributed by atoms with E-state index >= 15 is 0 Å². The zero-order chi connectivity index (χ0) is 12.5. The lowest BCUT2D eigenvalue weighted by Crippen LogP contribution is -2.18. The fraction of sp³-hybridized carbons (Fsp3) is 0.385. The molecule has 0 aliphatic rings. The van der Waals surface area contributed by atoms with E-state index < -0.39 is 0 Å². The lowest BCUT2D eigenvalue weighted by Gasteiger charge is -2.06. The Morgan fingerprint density at radius 2 is 2.35 bits per heavy atom. The van der Waals surface area contributed by atoms with Gasteiger partial charge in [0.25, 0.3) is 0 Å². The standard InChI is InChI=1S/C13H18BrNOS/c1-11(14)10-17-13-5-3-4-12(8-13)9-15-6-7-16-2/h3-5,8,15H,1,6-7,9-10H2,2H3. The Morgan fingerprint density at radius 1 is 1.53 bits per heavy atom. The Bertz CT molecular complexity index is 357. The zero-order valence-corrected chi connectivity index (χ0v) is 12.4. The number of hydrogen-bond donors (Lipinski definition) is 1. The molecule has 0 saturated carbocycles. The molecule has 0 saturated heterocycles. The maximum Gasteiger partial charge on any atom is 0.0587 e. The van der Waals surface area contributed by atoms with Crippen molar-refractivity contribution in [2.45, 2.75) is 11.4 Å². The number of rotatable bonds is 8. The van der Waals surface area contributed by atoms with Gasteiger partial charge in [0.15, 0.2) is 0 Å². The monoisotopic (exact) mass is 315 g/mol. The molecule has 0 atom stereocenters. The van der Waals surface area contributed by atoms with Crippen molar-refractivity contribution in [3.8, 4) is 0 Å². The van der Waals surface area contributed by atoms with Crippen molar-refractivity contribution in [2.75, 3.05) is 26.0 Å². The Morgan fingerprint density at radius 3 is 3.06 bits per heavy atom. The molecule has 1 aromatic rings. The summed E-state index contributed by atoms with van der Waals surface area (Å²) < 4.78 is 6.01. The van der Waals surface area contributed by atoms with Gasteiger partial charge in [-0.3, -0.25) is 0 Å². The second-order valence-corrected chi connectivity index (χ2v) is 5.79. The average Bonchev–Trinajstić information content (AvgIpc) is 2.33. The largest absolute Gasteiger partial charge is 0.383 e. The molecular formula is C13H18BrNOS. The molecule has 1 rings (SSSR count). The lowest BCUT2D eigenvalue weighted by molar-refractivity contribution is 0.199. The van der Waals surface area contributed by atoms with Crippen LogP contribution >= 0.6 is 27.7 Å². The second-order valence-electron chi connectivity index (χ2n) is 3.62. The molecule has 0 aliphatic heterocycles. The Balaban J connectivity index is 2.39. The Labute approximate surface area is 116 Å². The van der Waals surface area contributed by atoms with E-state index in [0.717, 1.165) is 29.9 Å². The van der Waals surface area contributed by atoms with Crippen molar-refractivity contribution < 1.29 is 4.74 Å². The maximum atomic E-state index is 4.99. The summed E-state index contributed by atoms with van der Waals surface area (Å²) in [5.41, 5.74) is 1.30. The summed E-state index contributed by atoms with van der Waals surface area (Å²) in [5, 5.41) is 3.33. The number of methoxy groups -OCH3 is 1. The molecule has 4 heteroatoms. The minimum Gasteiger partial charge on any atom is -0.383 e. The van der Waals surface area contributed by atoms with Crippen LogP contribution in [0.15, 0.2) is 40.2 Å². The highest BCUT2D eigenvalue weighted by Crippen LogP contribution is 2.22. The van der Waals surface area contributed by atoms with E-state index in [4.69, 9.17) is 4.74 Å². The highest BCUT2D eigenvalue weighted by atomic mass is 79.9. The Kier molecular flexibility index (Phi) is 7.60. The van der Waals surface area contributed by atoms with E-state index in [0.29, 0.717) is 0 Å². The molecule has 0 spiro atoms. The van der Waals surface area contributed by atoms with Gasteiger partial charge in [-0.15, -0.1) is 11.8 Å². The van der Waals surface area contributed by atoms with E-state index in [1.165, 1.54) is 10.5 Å². The number of benzene rings is 1. The molecule has 94 valence electrons. The Hall–Kier alpha value is -0.290. The van der Waals surface area contributed by atoms with Crippen molar-refractivity contribution in [3.63, 3.8) is 0 Å². The van der Waals surface area contributed by atoms with Gasteiger partial charge in [-0.2, -0.15) is 0 Å². The second kappa shape index (κ2) is 8.75. The highest BCUT2D eigenvalue weighted by Gasteiger charge is 1.97. The van der Waals surface area contributed by atoms with Gasteiger partial charge in [-0.25, -0.2) is 0 Å². The van der Waals surface area contributed by atoms with Crippen LogP contribution in [0.3, 0.4) is 0 Å². The molecular weight excluding hydrogens is 298 g/mol. The van der Waals surface area contributed by atoms with Crippen LogP contribution < -0.4 is 5.32 Å². The zero-order valence-electron chi connectivity index (χ0n) is 10.0. The van der Waals surface area contributed by atoms with Crippen LogP contribution in [0.1, 0.15) is 5.56 Å². The highest BCUT2D eigenvalue weighted by molar-refractivity contribution is 9.11. The van der Waals surface area contributed by atoms with Gasteiger partial charge in [0.1, 0.15) is 0 Å². The van der Waals surface area contributed by atoms with Crippen LogP contribution in [0.25, 0.3) is 0 Å². The molecule has 0 heterocycles. The first kappa shape index (κ1) is 14.8. The van der Waals surface area contributed by atoms with Gasteiger partial charge in [0.05, 0.1) is 6.61 Å². The summed E-state index contributed by atoms with van der Waals surface area (Å²) >= 11 is 5.16. The van der Waals surface area contributed by atoms with E-state index in [2.05, 4.69) is 52.1 Å². The minimum absolute atomic E-state index is 0.748. The SMILES string of the molecule is C=C(Br)CSc1cccc(CNCCOC)c1. The number of ether oxygens (including phenoxy) is 1. The first-order chi connectivity index (χ1) is 8.22. The third-order valence-corrected chi connectivity index (χ3v) is 3.84. The minimum atomic E-state index is 0.748. The van der Waals surface area contributed by atoms with Gasteiger partial charge >= 0.3 is 0 Å². The third-order valence-electron chi connectivity index (χ3n) is 2.11. The summed E-state index contributed by atoms with van der Waals surface area (Å²) in [4.78, 5) is 1.27. The topological polar surface area (TPSA) is 21.3 Å². The molecule has 0 bridgehead atoms. The van der Waals surface area contributed by atoms with Gasteiger partial charge in [-0.05, 0) is 22.2 Å². The predicted molar refractivity (Wildman–Crippen MR) is 78.8 cm³/mol. The van der Waals surface area contributed by atoms with Gasteiger partial charge < -0.3 is 10.1 Å². The summed E-state index contributed by atoms with van der Waals surface area (Å²) in [6, 6.07) is 8.55. The lowest BCUT2D eigenvalue weighted by atomic mass is 10.2. The molecule has 0 aliphatic carbocycles. The number of halogens is 1. The molecule has 0 amide bonds. The fourth-order valence-electron chi connectivity index (χ4n) is 1.31.